The van der Waals surface area contributed by atoms with Crippen LogP contribution in [0, 0.1) is 6.92 Å². The number of aldehydes is 1. The summed E-state index contributed by atoms with van der Waals surface area (Å²) < 4.78 is 5.41. The summed E-state index contributed by atoms with van der Waals surface area (Å²) in [5, 5.41) is 8.19. The Morgan fingerprint density at radius 3 is 3.06 bits per heavy atom. The molecule has 0 saturated carbocycles. The lowest BCUT2D eigenvalue weighted by atomic mass is 10.1. The SMILES string of the molecule is Cc1cccc(-c2nnc(SCC=O)o2)c1. The first-order valence-corrected chi connectivity index (χ1v) is 5.75. The molecule has 0 saturated heterocycles. The lowest BCUT2D eigenvalue weighted by Crippen LogP contribution is -1.78. The molecule has 0 aliphatic rings. The predicted molar refractivity (Wildman–Crippen MR) is 61.3 cm³/mol. The highest BCUT2D eigenvalue weighted by atomic mass is 32.2. The van der Waals surface area contributed by atoms with E-state index in [-0.39, 0.29) is 0 Å². The molecule has 0 aliphatic carbocycles. The Balaban J connectivity index is 2.21. The smallest absolute Gasteiger partial charge is 0.277 e. The number of carbonyl (C=O) groups is 1. The molecule has 2 aromatic rings. The van der Waals surface area contributed by atoms with Crippen molar-refractivity contribution in [3.05, 3.63) is 29.8 Å². The van der Waals surface area contributed by atoms with Crippen molar-refractivity contribution >= 4 is 18.0 Å². The van der Waals surface area contributed by atoms with Gasteiger partial charge in [0.1, 0.15) is 6.29 Å². The molecule has 0 bridgehead atoms. The van der Waals surface area contributed by atoms with Gasteiger partial charge in [0, 0.05) is 5.56 Å². The summed E-state index contributed by atoms with van der Waals surface area (Å²) in [6, 6.07) is 7.82. The highest BCUT2D eigenvalue weighted by molar-refractivity contribution is 7.99. The van der Waals surface area contributed by atoms with Crippen LogP contribution in [0.3, 0.4) is 0 Å². The molecule has 2 rings (SSSR count). The molecule has 0 spiro atoms. The van der Waals surface area contributed by atoms with Crippen molar-refractivity contribution in [3.8, 4) is 11.5 Å². The van der Waals surface area contributed by atoms with Gasteiger partial charge in [0.15, 0.2) is 0 Å². The Kier molecular flexibility index (Phi) is 3.36. The van der Waals surface area contributed by atoms with E-state index >= 15 is 0 Å². The molecule has 1 heterocycles. The average molecular weight is 234 g/mol. The first kappa shape index (κ1) is 10.9. The van der Waals surface area contributed by atoms with E-state index in [1.54, 1.807) is 0 Å². The number of nitrogens with zero attached hydrogens (tertiary/aromatic N) is 2. The monoisotopic (exact) mass is 234 g/mol. The maximum Gasteiger partial charge on any atom is 0.277 e. The van der Waals surface area contributed by atoms with Gasteiger partial charge in [-0.3, -0.25) is 0 Å². The molecule has 16 heavy (non-hydrogen) atoms. The van der Waals surface area contributed by atoms with Crippen LogP contribution in [0.2, 0.25) is 0 Å². The Morgan fingerprint density at radius 1 is 1.44 bits per heavy atom. The van der Waals surface area contributed by atoms with Crippen molar-refractivity contribution in [2.45, 2.75) is 12.1 Å². The van der Waals surface area contributed by atoms with Gasteiger partial charge in [0.05, 0.1) is 5.75 Å². The summed E-state index contributed by atoms with van der Waals surface area (Å²) in [5.74, 6) is 0.812. The summed E-state index contributed by atoms with van der Waals surface area (Å²) in [6.45, 7) is 2.00. The average Bonchev–Trinajstić information content (AvgIpc) is 2.75. The summed E-state index contributed by atoms with van der Waals surface area (Å²) in [7, 11) is 0. The highest BCUT2D eigenvalue weighted by Gasteiger charge is 2.08. The van der Waals surface area contributed by atoms with E-state index in [0.717, 1.165) is 17.4 Å². The minimum absolute atomic E-state index is 0.329. The van der Waals surface area contributed by atoms with E-state index in [1.807, 2.05) is 31.2 Å². The van der Waals surface area contributed by atoms with E-state index in [4.69, 9.17) is 4.42 Å². The van der Waals surface area contributed by atoms with Gasteiger partial charge >= 0.3 is 0 Å². The zero-order valence-corrected chi connectivity index (χ0v) is 9.53. The van der Waals surface area contributed by atoms with Crippen LogP contribution in [0.5, 0.6) is 0 Å². The van der Waals surface area contributed by atoms with Crippen LogP contribution in [0.25, 0.3) is 11.5 Å². The van der Waals surface area contributed by atoms with Crippen molar-refractivity contribution < 1.29 is 9.21 Å². The molecular formula is C11H10N2O2S. The van der Waals surface area contributed by atoms with Gasteiger partial charge in [0.2, 0.25) is 5.89 Å². The van der Waals surface area contributed by atoms with Gasteiger partial charge in [-0.25, -0.2) is 0 Å². The maximum atomic E-state index is 10.2. The van der Waals surface area contributed by atoms with Crippen LogP contribution in [0.15, 0.2) is 33.9 Å². The van der Waals surface area contributed by atoms with Gasteiger partial charge in [0.25, 0.3) is 5.22 Å². The van der Waals surface area contributed by atoms with Gasteiger partial charge in [-0.2, -0.15) is 0 Å². The third-order valence-corrected chi connectivity index (χ3v) is 2.66. The molecule has 5 heteroatoms. The van der Waals surface area contributed by atoms with E-state index in [9.17, 15) is 4.79 Å². The Bertz CT molecular complexity index is 496. The number of benzene rings is 1. The molecule has 0 aliphatic heterocycles. The second-order valence-electron chi connectivity index (χ2n) is 3.22. The standard InChI is InChI=1S/C11H10N2O2S/c1-8-3-2-4-9(7-8)10-12-13-11(15-10)16-6-5-14/h2-5,7H,6H2,1H3. The summed E-state index contributed by atoms with van der Waals surface area (Å²) in [4.78, 5) is 10.2. The lowest BCUT2D eigenvalue weighted by molar-refractivity contribution is -0.105. The molecular weight excluding hydrogens is 224 g/mol. The van der Waals surface area contributed by atoms with Crippen LogP contribution in [0.1, 0.15) is 5.56 Å². The Morgan fingerprint density at radius 2 is 2.31 bits per heavy atom. The summed E-state index contributed by atoms with van der Waals surface area (Å²) >= 11 is 1.23. The van der Waals surface area contributed by atoms with Gasteiger partial charge in [-0.15, -0.1) is 10.2 Å². The molecule has 0 N–H and O–H groups in total. The zero-order valence-electron chi connectivity index (χ0n) is 8.71. The van der Waals surface area contributed by atoms with E-state index in [1.165, 1.54) is 11.8 Å². The molecule has 0 atom stereocenters. The fourth-order valence-electron chi connectivity index (χ4n) is 1.27. The highest BCUT2D eigenvalue weighted by Crippen LogP contribution is 2.23. The van der Waals surface area contributed by atoms with E-state index in [0.29, 0.717) is 16.9 Å². The Labute approximate surface area is 97.1 Å². The lowest BCUT2D eigenvalue weighted by Gasteiger charge is -1.95. The molecule has 0 amide bonds. The molecule has 82 valence electrons. The number of hydrogen-bond donors (Lipinski definition) is 0. The number of thioether (sulfide) groups is 1. The van der Waals surface area contributed by atoms with Crippen molar-refractivity contribution in [1.82, 2.24) is 10.2 Å². The predicted octanol–water partition coefficient (Wildman–Crippen LogP) is 2.34. The molecule has 1 aromatic carbocycles. The number of aromatic nitrogens is 2. The molecule has 4 nitrogen and oxygen atoms in total. The molecule has 0 unspecified atom stereocenters. The number of hydrogen-bond acceptors (Lipinski definition) is 5. The van der Waals surface area contributed by atoms with Gasteiger partial charge in [-0.1, -0.05) is 29.5 Å². The number of carbonyl (C=O) groups excluding carboxylic acids is 1. The summed E-state index contributed by atoms with van der Waals surface area (Å²) in [5.41, 5.74) is 2.03. The first-order valence-electron chi connectivity index (χ1n) is 4.76. The van der Waals surface area contributed by atoms with E-state index < -0.39 is 0 Å². The molecule has 1 aromatic heterocycles. The van der Waals surface area contributed by atoms with Crippen LogP contribution in [-0.2, 0) is 4.79 Å². The second kappa shape index (κ2) is 4.94. The topological polar surface area (TPSA) is 56.0 Å². The van der Waals surface area contributed by atoms with Crippen LogP contribution in [0.4, 0.5) is 0 Å². The molecule has 0 fully saturated rings. The largest absolute Gasteiger partial charge is 0.411 e. The fraction of sp³-hybridized carbons (Fsp3) is 0.182. The zero-order chi connectivity index (χ0) is 11.4. The first-order chi connectivity index (χ1) is 7.79. The van der Waals surface area contributed by atoms with E-state index in [2.05, 4.69) is 10.2 Å². The minimum atomic E-state index is 0.329. The normalized spacial score (nSPS) is 10.3. The minimum Gasteiger partial charge on any atom is -0.411 e. The van der Waals surface area contributed by atoms with Crippen molar-refractivity contribution in [1.29, 1.82) is 0 Å². The molecule has 0 radical (unpaired) electrons. The van der Waals surface area contributed by atoms with Crippen molar-refractivity contribution in [2.75, 3.05) is 5.75 Å². The van der Waals surface area contributed by atoms with Crippen molar-refractivity contribution in [2.24, 2.45) is 0 Å². The van der Waals surface area contributed by atoms with Crippen LogP contribution < -0.4 is 0 Å². The third-order valence-electron chi connectivity index (χ3n) is 1.95. The second-order valence-corrected chi connectivity index (χ2v) is 4.19. The quantitative estimate of drug-likeness (QED) is 0.600. The fourth-order valence-corrected chi connectivity index (χ4v) is 1.72. The van der Waals surface area contributed by atoms with Gasteiger partial charge < -0.3 is 9.21 Å². The number of aryl methyl sites for hydroxylation is 1. The number of rotatable bonds is 4. The summed E-state index contributed by atoms with van der Waals surface area (Å²) in [6.07, 6.45) is 0.807. The van der Waals surface area contributed by atoms with Crippen molar-refractivity contribution in [3.63, 3.8) is 0 Å². The van der Waals surface area contributed by atoms with Gasteiger partial charge in [-0.05, 0) is 19.1 Å². The van der Waals surface area contributed by atoms with Crippen LogP contribution >= 0.6 is 11.8 Å². The Hall–Kier alpha value is -1.62. The van der Waals surface area contributed by atoms with Crippen LogP contribution in [-0.4, -0.2) is 22.2 Å². The third kappa shape index (κ3) is 2.49. The maximum absolute atomic E-state index is 10.2.